The number of carboxylic acids is 1. The molecule has 0 aliphatic heterocycles. The summed E-state index contributed by atoms with van der Waals surface area (Å²) in [5.74, 6) is -3.68. The van der Waals surface area contributed by atoms with Crippen LogP contribution in [0.25, 0.3) is 10.9 Å². The van der Waals surface area contributed by atoms with Crippen molar-refractivity contribution in [3.63, 3.8) is 0 Å². The van der Waals surface area contributed by atoms with Crippen LogP contribution in [0.4, 0.5) is 4.79 Å². The first-order chi connectivity index (χ1) is 25.6. The van der Waals surface area contributed by atoms with Gasteiger partial charge in [0.1, 0.15) is 23.7 Å². The topological polar surface area (TPSA) is 177 Å². The highest BCUT2D eigenvalue weighted by atomic mass is 16.6. The van der Waals surface area contributed by atoms with Crippen molar-refractivity contribution in [3.8, 4) is 0 Å². The molecule has 0 aliphatic carbocycles. The number of likely N-dealkylation sites (N-methyl/N-ethyl adjacent to an activating group) is 2. The number of rotatable bonds is 16. The fourth-order valence-electron chi connectivity index (χ4n) is 6.76. The Morgan fingerprint density at radius 3 is 2.04 bits per heavy atom. The third kappa shape index (κ3) is 12.1. The molecule has 1 heterocycles. The summed E-state index contributed by atoms with van der Waals surface area (Å²) in [6.45, 7) is 21.5. The Bertz CT molecular complexity index is 1780. The Labute approximate surface area is 332 Å². The molecule has 0 saturated heterocycles. The predicted molar refractivity (Wildman–Crippen MR) is 216 cm³/mol. The molecule has 4 amide bonds. The van der Waals surface area contributed by atoms with Crippen LogP contribution in [-0.2, 0) is 45.9 Å². The number of hydrogen-bond acceptors (Lipinski definition) is 8. The number of esters is 1. The highest BCUT2D eigenvalue weighted by Gasteiger charge is 2.47. The highest BCUT2D eigenvalue weighted by molar-refractivity contribution is 5.97. The molecule has 2 rings (SSSR count). The zero-order valence-corrected chi connectivity index (χ0v) is 36.0. The van der Waals surface area contributed by atoms with Gasteiger partial charge < -0.3 is 34.7 Å². The van der Waals surface area contributed by atoms with E-state index < -0.39 is 76.4 Å². The van der Waals surface area contributed by atoms with Crippen LogP contribution in [0, 0.1) is 11.3 Å². The lowest BCUT2D eigenvalue weighted by atomic mass is 9.76. The second-order valence-corrected chi connectivity index (χ2v) is 17.4. The number of aryl methyl sites for hydroxylation is 1. The summed E-state index contributed by atoms with van der Waals surface area (Å²) >= 11 is 0. The van der Waals surface area contributed by atoms with E-state index >= 15 is 0 Å². The number of nitrogens with one attached hydrogen (secondary N) is 2. The molecule has 0 radical (unpaired) electrons. The van der Waals surface area contributed by atoms with Gasteiger partial charge in [-0.3, -0.25) is 24.1 Å². The minimum Gasteiger partial charge on any atom is -0.481 e. The number of benzene rings is 1. The van der Waals surface area contributed by atoms with Gasteiger partial charge in [-0.25, -0.2) is 9.59 Å². The Balaban J connectivity index is 2.57. The third-order valence-electron chi connectivity index (χ3n) is 9.77. The summed E-state index contributed by atoms with van der Waals surface area (Å²) in [5.41, 5.74) is -0.668. The Morgan fingerprint density at radius 1 is 0.929 bits per heavy atom. The number of carboxylic acid groups (broad SMARTS) is 1. The Hall–Kier alpha value is -4.88. The first-order valence-corrected chi connectivity index (χ1v) is 19.1. The van der Waals surface area contributed by atoms with E-state index in [9.17, 15) is 28.8 Å². The number of ether oxygens (including phenoxy) is 2. The first kappa shape index (κ1) is 47.3. The molecule has 14 heteroatoms. The van der Waals surface area contributed by atoms with Gasteiger partial charge in [0.15, 0.2) is 0 Å². The fraction of sp³-hybridized carbons (Fsp3) is 0.619. The van der Waals surface area contributed by atoms with Crippen molar-refractivity contribution < 1.29 is 43.3 Å². The Morgan fingerprint density at radius 2 is 1.52 bits per heavy atom. The minimum atomic E-state index is -1.18. The van der Waals surface area contributed by atoms with Crippen molar-refractivity contribution in [2.24, 2.45) is 18.4 Å². The monoisotopic (exact) mass is 783 g/mol. The van der Waals surface area contributed by atoms with Crippen LogP contribution >= 0.6 is 0 Å². The molecule has 0 bridgehead atoms. The summed E-state index contributed by atoms with van der Waals surface area (Å²) in [6.07, 6.45) is 2.35. The quantitative estimate of drug-likeness (QED) is 0.145. The zero-order chi connectivity index (χ0) is 43.1. The number of hydrogen-bond donors (Lipinski definition) is 3. The van der Waals surface area contributed by atoms with E-state index in [-0.39, 0.29) is 30.9 Å². The summed E-state index contributed by atoms with van der Waals surface area (Å²) in [7, 11) is 5.03. The molecule has 1 aromatic heterocycles. The van der Waals surface area contributed by atoms with Gasteiger partial charge in [-0.05, 0) is 64.0 Å². The van der Waals surface area contributed by atoms with Crippen LogP contribution < -0.4 is 10.6 Å². The number of aromatic nitrogens is 1. The van der Waals surface area contributed by atoms with Crippen molar-refractivity contribution in [2.75, 3.05) is 20.7 Å². The summed E-state index contributed by atoms with van der Waals surface area (Å²) in [6, 6.07) is 3.78. The zero-order valence-electron chi connectivity index (χ0n) is 36.0. The normalized spacial score (nSPS) is 14.7. The van der Waals surface area contributed by atoms with Crippen molar-refractivity contribution >= 4 is 46.7 Å². The number of aliphatic carboxylic acids is 1. The molecule has 3 N–H and O–H groups in total. The summed E-state index contributed by atoms with van der Waals surface area (Å²) < 4.78 is 12.8. The molecule has 312 valence electrons. The van der Waals surface area contributed by atoms with Gasteiger partial charge in [-0.15, -0.1) is 0 Å². The SMILES string of the molecule is CCOC(=O)C(CCC(=O)O)NC(=O)/C(C)=C/C(C(C)C)N(C)C(=O)C(NC(=O)C(N(C)C(=O)OC(C)(C)C)C(C)(C)c1cn(C)c2ccccc12)C(C)(C)C. The average molecular weight is 784 g/mol. The molecular formula is C42H65N5O9. The van der Waals surface area contributed by atoms with E-state index in [0.29, 0.717) is 0 Å². The van der Waals surface area contributed by atoms with Gasteiger partial charge in [-0.1, -0.05) is 72.7 Å². The molecule has 4 unspecified atom stereocenters. The van der Waals surface area contributed by atoms with Gasteiger partial charge in [0, 0.05) is 55.7 Å². The predicted octanol–water partition coefficient (Wildman–Crippen LogP) is 5.56. The average Bonchev–Trinajstić information content (AvgIpc) is 3.42. The molecule has 4 atom stereocenters. The molecule has 56 heavy (non-hydrogen) atoms. The van der Waals surface area contributed by atoms with Crippen LogP contribution in [0.2, 0.25) is 0 Å². The van der Waals surface area contributed by atoms with Crippen molar-refractivity contribution in [2.45, 2.75) is 131 Å². The number of para-hydroxylation sites is 1. The lowest BCUT2D eigenvalue weighted by molar-refractivity contribution is -0.147. The molecule has 0 spiro atoms. The van der Waals surface area contributed by atoms with Gasteiger partial charge in [0.2, 0.25) is 17.7 Å². The Kier molecular flexibility index (Phi) is 15.9. The molecule has 2 aromatic rings. The van der Waals surface area contributed by atoms with Crippen molar-refractivity contribution in [1.29, 1.82) is 0 Å². The van der Waals surface area contributed by atoms with Crippen LogP contribution in [0.1, 0.15) is 101 Å². The third-order valence-corrected chi connectivity index (χ3v) is 9.77. The second kappa shape index (κ2) is 18.8. The van der Waals surface area contributed by atoms with Crippen LogP contribution in [-0.4, -0.2) is 106 Å². The maximum Gasteiger partial charge on any atom is 0.410 e. The lowest BCUT2D eigenvalue weighted by Gasteiger charge is -2.42. The summed E-state index contributed by atoms with van der Waals surface area (Å²) in [4.78, 5) is 82.9. The fourth-order valence-corrected chi connectivity index (χ4v) is 6.76. The van der Waals surface area contributed by atoms with E-state index in [4.69, 9.17) is 14.6 Å². The van der Waals surface area contributed by atoms with E-state index in [1.165, 1.54) is 23.8 Å². The van der Waals surface area contributed by atoms with E-state index in [1.54, 1.807) is 40.8 Å². The van der Waals surface area contributed by atoms with Crippen molar-refractivity contribution in [1.82, 2.24) is 25.0 Å². The van der Waals surface area contributed by atoms with Gasteiger partial charge >= 0.3 is 18.0 Å². The van der Waals surface area contributed by atoms with Crippen LogP contribution in [0.15, 0.2) is 42.1 Å². The van der Waals surface area contributed by atoms with E-state index in [1.807, 2.05) is 90.5 Å². The largest absolute Gasteiger partial charge is 0.481 e. The molecular weight excluding hydrogens is 718 g/mol. The van der Waals surface area contributed by atoms with E-state index in [2.05, 4.69) is 10.6 Å². The number of amides is 4. The number of nitrogens with zero attached hydrogens (tertiary/aromatic N) is 3. The second-order valence-electron chi connectivity index (χ2n) is 17.4. The minimum absolute atomic E-state index is 0.0552. The van der Waals surface area contributed by atoms with Gasteiger partial charge in [0.05, 0.1) is 12.6 Å². The molecule has 0 saturated carbocycles. The number of carbonyl (C=O) groups is 6. The number of fused-ring (bicyclic) bond motifs is 1. The smallest absolute Gasteiger partial charge is 0.410 e. The van der Waals surface area contributed by atoms with Crippen LogP contribution in [0.5, 0.6) is 0 Å². The maximum atomic E-state index is 14.8. The molecule has 0 fully saturated rings. The number of carbonyl (C=O) groups excluding carboxylic acids is 5. The van der Waals surface area contributed by atoms with Crippen LogP contribution in [0.3, 0.4) is 0 Å². The standard InChI is InChI=1S/C42H65N5O9/c1-16-55-38(53)29(21-22-32(48)49)43-35(50)26(4)23-31(25(2)3)46(14)37(52)33(40(5,6)7)44-36(51)34(47(15)39(54)56-41(8,9)10)42(11,12)28-24-45(13)30-20-18-17-19-27(28)30/h17-20,23-25,29,31,33-34H,16,21-22H2,1-15H3,(H,43,50)(H,44,51)(H,48,49)/b26-23+. The van der Waals surface area contributed by atoms with Gasteiger partial charge in [-0.2, -0.15) is 0 Å². The molecule has 14 nitrogen and oxygen atoms in total. The maximum absolute atomic E-state index is 14.8. The lowest BCUT2D eigenvalue weighted by Crippen LogP contribution is -2.63. The van der Waals surface area contributed by atoms with E-state index in [0.717, 1.165) is 16.5 Å². The van der Waals surface area contributed by atoms with Gasteiger partial charge in [0.25, 0.3) is 0 Å². The summed E-state index contributed by atoms with van der Waals surface area (Å²) in [5, 5.41) is 15.7. The highest BCUT2D eigenvalue weighted by Crippen LogP contribution is 2.37. The molecule has 0 aliphatic rings. The molecule has 1 aromatic carbocycles. The van der Waals surface area contributed by atoms with Crippen molar-refractivity contribution in [3.05, 3.63) is 47.7 Å². The first-order valence-electron chi connectivity index (χ1n) is 19.1.